The van der Waals surface area contributed by atoms with Gasteiger partial charge in [-0.3, -0.25) is 33.7 Å². The zero-order valence-corrected chi connectivity index (χ0v) is 50.9. The number of nitrogens with zero attached hydrogens (tertiary/aromatic N) is 3. The van der Waals surface area contributed by atoms with Crippen molar-refractivity contribution >= 4 is 58.3 Å². The molecule has 0 radical (unpaired) electrons. The SMILES string of the molecule is Cc1ncsc1-c1ccc(CCC(=O)[C@@H]2C[C@@H](O)CN2C(=O)[C@@H](NC(=O)COCCc2ccc(CO[C@H](C)[C@H](CCC(N)=O)CC(=O)[C@@H]3Cc4cccc5c4N3C(=O)[C@@H](NC(=O)OCC3c4ccccc4-c4ccccc43)CC5)cc2)C(C)(C)C)cc1. The average molecular weight is 1200 g/mol. The maximum absolute atomic E-state index is 14.6. The number of ether oxygens (including phenoxy) is 3. The maximum Gasteiger partial charge on any atom is 0.407 e. The largest absolute Gasteiger partial charge is 0.449 e. The van der Waals surface area contributed by atoms with Crippen LogP contribution >= 0.6 is 11.3 Å². The van der Waals surface area contributed by atoms with Gasteiger partial charge in [0, 0.05) is 44.6 Å². The van der Waals surface area contributed by atoms with Crippen molar-refractivity contribution < 1.29 is 52.9 Å². The van der Waals surface area contributed by atoms with Gasteiger partial charge in [-0.15, -0.1) is 11.3 Å². The molecule has 18 heteroatoms. The zero-order valence-electron chi connectivity index (χ0n) is 50.1. The predicted octanol–water partition coefficient (Wildman–Crippen LogP) is 8.93. The smallest absolute Gasteiger partial charge is 0.407 e. The lowest BCUT2D eigenvalue weighted by atomic mass is 9.85. The van der Waals surface area contributed by atoms with Crippen LogP contribution in [0.25, 0.3) is 21.6 Å². The standard InChI is InChI=1S/C69H78N6O11S/c1-41-64(87-40-71-41)47-24-21-43(22-25-47)23-29-59(77)57-35-50(76)36-74(57)67(82)65(69(3,4)5)73-62(80)39-84-32-31-44-17-19-45(20-18-44)37-85-42(2)48(27-30-61(70)79)34-60(78)58-33-49-12-10-11-46-26-28-56(66(81)75(58)63(46)49)72-68(83)86-38-55-53-15-8-6-13-51(53)52-14-7-9-16-54(52)55/h6-22,24-25,40,42,48,50,55-58,65,76H,23,26-39H2,1-5H3,(H2,70,79)(H,72,83)(H,73,80)/t42-,48-,50-,56+,57+,58+,65-/m1/s1. The number of aliphatic hydroxyl groups is 1. The average Bonchev–Trinajstić information content (AvgIpc) is 1.78. The summed E-state index contributed by atoms with van der Waals surface area (Å²) in [6.07, 6.45) is 0.782. The molecule has 3 aliphatic heterocycles. The fraction of sp³-hybridized carbons (Fsp3) is 0.420. The van der Waals surface area contributed by atoms with Gasteiger partial charge in [-0.25, -0.2) is 9.78 Å². The number of aryl methyl sites for hydroxylation is 3. The Morgan fingerprint density at radius 1 is 0.816 bits per heavy atom. The Morgan fingerprint density at radius 2 is 1.48 bits per heavy atom. The van der Waals surface area contributed by atoms with E-state index < -0.39 is 71.5 Å². The number of aromatic nitrogens is 1. The number of rotatable bonds is 25. The first-order valence-corrected chi connectivity index (χ1v) is 31.1. The lowest BCUT2D eigenvalue weighted by Gasteiger charge is -2.35. The van der Waals surface area contributed by atoms with Crippen LogP contribution in [-0.4, -0.2) is 119 Å². The van der Waals surface area contributed by atoms with Crippen LogP contribution in [0.3, 0.4) is 0 Å². The molecule has 10 rings (SSSR count). The number of nitrogens with one attached hydrogen (secondary N) is 2. The van der Waals surface area contributed by atoms with E-state index in [1.807, 2.05) is 143 Å². The third-order valence-corrected chi connectivity index (χ3v) is 18.6. The van der Waals surface area contributed by atoms with Crippen molar-refractivity contribution in [1.29, 1.82) is 0 Å². The van der Waals surface area contributed by atoms with Gasteiger partial charge in [-0.1, -0.05) is 136 Å². The van der Waals surface area contributed by atoms with E-state index in [0.717, 1.165) is 66.2 Å². The molecule has 1 aliphatic carbocycles. The Morgan fingerprint density at radius 3 is 2.16 bits per heavy atom. The second-order valence-electron chi connectivity index (χ2n) is 24.7. The Balaban J connectivity index is 0.686. The number of fused-ring (bicyclic) bond motifs is 3. The second-order valence-corrected chi connectivity index (χ2v) is 25.5. The topological polar surface area (TPSA) is 237 Å². The molecule has 0 spiro atoms. The Bertz CT molecular complexity index is 3460. The van der Waals surface area contributed by atoms with Crippen LogP contribution in [0, 0.1) is 18.3 Å². The Hall–Kier alpha value is -7.90. The summed E-state index contributed by atoms with van der Waals surface area (Å²) >= 11 is 1.58. The molecule has 5 aromatic carbocycles. The first-order chi connectivity index (χ1) is 41.8. The van der Waals surface area contributed by atoms with Crippen molar-refractivity contribution in [2.24, 2.45) is 17.1 Å². The van der Waals surface area contributed by atoms with Crippen LogP contribution in [0.15, 0.2) is 121 Å². The van der Waals surface area contributed by atoms with Crippen LogP contribution in [0.2, 0.25) is 0 Å². The number of ketones is 2. The van der Waals surface area contributed by atoms with Gasteiger partial charge in [0.25, 0.3) is 0 Å². The van der Waals surface area contributed by atoms with Gasteiger partial charge in [-0.2, -0.15) is 0 Å². The van der Waals surface area contributed by atoms with Gasteiger partial charge in [0.15, 0.2) is 11.6 Å². The fourth-order valence-electron chi connectivity index (χ4n) is 12.8. The number of aliphatic hydroxyl groups excluding tert-OH is 1. The number of amides is 5. The molecule has 17 nitrogen and oxygen atoms in total. The second kappa shape index (κ2) is 27.4. The molecule has 0 bridgehead atoms. The molecule has 87 heavy (non-hydrogen) atoms. The van der Waals surface area contributed by atoms with E-state index >= 15 is 0 Å². The number of carbonyl (C=O) groups excluding carboxylic acids is 7. The molecular formula is C69H78N6O11S. The van der Waals surface area contributed by atoms with Crippen molar-refractivity contribution in [3.8, 4) is 21.6 Å². The normalized spacial score (nSPS) is 18.9. The number of likely N-dealkylation sites (tertiary alicyclic amines) is 1. The van der Waals surface area contributed by atoms with Crippen molar-refractivity contribution in [2.75, 3.05) is 31.3 Å². The summed E-state index contributed by atoms with van der Waals surface area (Å²) < 4.78 is 18.1. The summed E-state index contributed by atoms with van der Waals surface area (Å²) in [4.78, 5) is 105. The minimum absolute atomic E-state index is 0.00289. The van der Waals surface area contributed by atoms with E-state index in [9.17, 15) is 38.7 Å². The number of para-hydroxylation sites is 1. The number of hydrogen-bond donors (Lipinski definition) is 4. The van der Waals surface area contributed by atoms with E-state index in [1.165, 1.54) is 4.90 Å². The molecule has 5 N–H and O–H groups in total. The number of Topliss-reactive ketones (excluding diaryl/α,β-unsaturated/α-hetero) is 2. The molecule has 456 valence electrons. The molecule has 4 aliphatic rings. The van der Waals surface area contributed by atoms with E-state index in [4.69, 9.17) is 19.9 Å². The Kier molecular flexibility index (Phi) is 19.6. The number of hydrogen-bond acceptors (Lipinski definition) is 13. The van der Waals surface area contributed by atoms with E-state index in [2.05, 4.69) is 27.8 Å². The summed E-state index contributed by atoms with van der Waals surface area (Å²) in [5, 5.41) is 16.4. The predicted molar refractivity (Wildman–Crippen MR) is 332 cm³/mol. The number of anilines is 1. The van der Waals surface area contributed by atoms with Crippen molar-refractivity contribution in [1.82, 2.24) is 20.5 Å². The zero-order chi connectivity index (χ0) is 61.5. The molecule has 1 fully saturated rings. The number of carbonyl (C=O) groups is 7. The monoisotopic (exact) mass is 1200 g/mol. The van der Waals surface area contributed by atoms with E-state index in [0.29, 0.717) is 44.2 Å². The van der Waals surface area contributed by atoms with E-state index in [1.54, 1.807) is 16.2 Å². The lowest BCUT2D eigenvalue weighted by molar-refractivity contribution is -0.144. The van der Waals surface area contributed by atoms with Crippen LogP contribution in [0.5, 0.6) is 0 Å². The highest BCUT2D eigenvalue weighted by Gasteiger charge is 2.46. The Labute approximate surface area is 512 Å². The maximum atomic E-state index is 14.6. The number of nitrogens with two attached hydrogens (primary N) is 1. The molecular weight excluding hydrogens is 1120 g/mol. The molecule has 0 saturated carbocycles. The fourth-order valence-corrected chi connectivity index (χ4v) is 13.6. The number of thiazole rings is 1. The summed E-state index contributed by atoms with van der Waals surface area (Å²) in [6.45, 7) is 9.60. The quantitative estimate of drug-likeness (QED) is 0.0393. The highest BCUT2D eigenvalue weighted by molar-refractivity contribution is 7.13. The highest BCUT2D eigenvalue weighted by atomic mass is 32.1. The number of β-amino-alcohol motifs (C(OH)–C–C–N with tert-alkyl or cyclic N) is 1. The number of benzene rings is 5. The number of primary amides is 1. The minimum Gasteiger partial charge on any atom is -0.449 e. The lowest BCUT2D eigenvalue weighted by Crippen LogP contribution is -2.57. The van der Waals surface area contributed by atoms with Crippen LogP contribution in [-0.2, 0) is 75.3 Å². The van der Waals surface area contributed by atoms with E-state index in [-0.39, 0.29) is 82.0 Å². The van der Waals surface area contributed by atoms with Crippen LogP contribution < -0.4 is 21.3 Å². The van der Waals surface area contributed by atoms with Crippen molar-refractivity contribution in [3.05, 3.63) is 165 Å². The molecule has 7 atom stereocenters. The van der Waals surface area contributed by atoms with Gasteiger partial charge < -0.3 is 40.6 Å². The molecule has 6 aromatic rings. The van der Waals surface area contributed by atoms with Crippen LogP contribution in [0.1, 0.15) is 117 Å². The molecule has 5 amide bonds. The third-order valence-electron chi connectivity index (χ3n) is 17.6. The van der Waals surface area contributed by atoms with Crippen molar-refractivity contribution in [2.45, 2.75) is 148 Å². The van der Waals surface area contributed by atoms with Gasteiger partial charge >= 0.3 is 6.09 Å². The first-order valence-electron chi connectivity index (χ1n) is 30.2. The summed E-state index contributed by atoms with van der Waals surface area (Å²) in [5.41, 5.74) is 18.5. The molecule has 1 saturated heterocycles. The summed E-state index contributed by atoms with van der Waals surface area (Å²) in [5.74, 6) is -2.66. The van der Waals surface area contributed by atoms with Gasteiger partial charge in [-0.05, 0) is 113 Å². The van der Waals surface area contributed by atoms with Gasteiger partial charge in [0.05, 0.1) is 59.3 Å². The number of alkyl carbamates (subject to hydrolysis) is 1. The minimum atomic E-state index is -0.977. The summed E-state index contributed by atoms with van der Waals surface area (Å²) in [7, 11) is 0. The van der Waals surface area contributed by atoms with Gasteiger partial charge in [0.1, 0.15) is 25.3 Å². The highest BCUT2D eigenvalue weighted by Crippen LogP contribution is 2.45. The molecule has 0 unspecified atom stereocenters. The molecule has 4 heterocycles. The summed E-state index contributed by atoms with van der Waals surface area (Å²) in [6, 6.07) is 34.2. The third kappa shape index (κ3) is 14.6. The molecule has 1 aromatic heterocycles. The first kappa shape index (κ1) is 62.2. The van der Waals surface area contributed by atoms with Crippen LogP contribution in [0.4, 0.5) is 10.5 Å². The van der Waals surface area contributed by atoms with Crippen molar-refractivity contribution in [3.63, 3.8) is 0 Å². The van der Waals surface area contributed by atoms with Gasteiger partial charge in [0.2, 0.25) is 23.6 Å².